The summed E-state index contributed by atoms with van der Waals surface area (Å²) in [5.74, 6) is 1.23. The number of nitrogens with one attached hydrogen (secondary N) is 2. The molecule has 0 unspecified atom stereocenters. The molecule has 0 radical (unpaired) electrons. The van der Waals surface area contributed by atoms with Crippen LogP contribution in [-0.2, 0) is 13.2 Å². The minimum atomic E-state index is 0.307. The number of aromatic amines is 1. The Morgan fingerprint density at radius 2 is 2.07 bits per heavy atom. The average molecular weight is 490 g/mol. The van der Waals surface area contributed by atoms with Crippen molar-refractivity contribution in [2.45, 2.75) is 13.2 Å². The molecule has 0 saturated carbocycles. The molecule has 10 heteroatoms. The Labute approximate surface area is 179 Å². The van der Waals surface area contributed by atoms with Crippen LogP contribution in [-0.4, -0.2) is 22.0 Å². The molecule has 0 saturated heterocycles. The van der Waals surface area contributed by atoms with E-state index in [0.29, 0.717) is 39.5 Å². The molecule has 3 rings (SSSR count). The van der Waals surface area contributed by atoms with Crippen LogP contribution in [0.4, 0.5) is 0 Å². The fourth-order valence-corrected chi connectivity index (χ4v) is 3.31. The van der Waals surface area contributed by atoms with Crippen LogP contribution >= 0.6 is 51.3 Å². The maximum Gasteiger partial charge on any atom is 0.214 e. The lowest BCUT2D eigenvalue weighted by Crippen LogP contribution is -2.15. The predicted molar refractivity (Wildman–Crippen MR) is 112 cm³/mol. The van der Waals surface area contributed by atoms with Crippen molar-refractivity contribution in [1.82, 2.24) is 14.9 Å². The Balaban J connectivity index is 1.85. The Hall–Kier alpha value is -1.74. The van der Waals surface area contributed by atoms with Gasteiger partial charge in [0.25, 0.3) is 0 Å². The Morgan fingerprint density at radius 1 is 1.26 bits per heavy atom. The number of rotatable bonds is 7. The minimum absolute atomic E-state index is 0.307. The summed E-state index contributed by atoms with van der Waals surface area (Å²) in [5.41, 5.74) is 4.93. The number of nitrogens with zero attached hydrogens (tertiary/aromatic N) is 2. The summed E-state index contributed by atoms with van der Waals surface area (Å²) < 4.78 is 14.5. The van der Waals surface area contributed by atoms with Crippen molar-refractivity contribution in [3.63, 3.8) is 0 Å². The van der Waals surface area contributed by atoms with Gasteiger partial charge in [0.2, 0.25) is 4.77 Å². The maximum absolute atomic E-state index is 6.08. The van der Waals surface area contributed by atoms with Gasteiger partial charge in [-0.15, -0.1) is 0 Å². The van der Waals surface area contributed by atoms with Gasteiger partial charge in [-0.1, -0.05) is 45.2 Å². The first-order valence-electron chi connectivity index (χ1n) is 7.77. The summed E-state index contributed by atoms with van der Waals surface area (Å²) in [7, 11) is 1.60. The first-order valence-corrected chi connectivity index (χ1v) is 9.73. The van der Waals surface area contributed by atoms with Crippen molar-refractivity contribution in [1.29, 1.82) is 0 Å². The van der Waals surface area contributed by atoms with Gasteiger partial charge in [0.05, 0.1) is 23.7 Å². The Bertz CT molecular complexity index is 1010. The lowest BCUT2D eigenvalue weighted by atomic mass is 10.2. The highest BCUT2D eigenvalue weighted by molar-refractivity contribution is 9.10. The van der Waals surface area contributed by atoms with E-state index in [4.69, 9.17) is 44.9 Å². The van der Waals surface area contributed by atoms with Crippen LogP contribution < -0.4 is 14.9 Å². The van der Waals surface area contributed by atoms with Crippen LogP contribution in [0.3, 0.4) is 0 Å². The first kappa shape index (κ1) is 20.0. The molecule has 2 N–H and O–H groups in total. The molecule has 0 atom stereocenters. The van der Waals surface area contributed by atoms with Crippen LogP contribution in [0.15, 0.2) is 41.1 Å². The van der Waals surface area contributed by atoms with E-state index < -0.39 is 0 Å². The van der Waals surface area contributed by atoms with Crippen molar-refractivity contribution in [3.05, 3.63) is 67.1 Å². The quantitative estimate of drug-likeness (QED) is 0.438. The van der Waals surface area contributed by atoms with Gasteiger partial charge >= 0.3 is 0 Å². The van der Waals surface area contributed by atoms with Crippen LogP contribution in [0, 0.1) is 4.77 Å². The molecule has 0 bridgehead atoms. The van der Waals surface area contributed by atoms with Gasteiger partial charge in [-0.05, 0) is 42.0 Å². The van der Waals surface area contributed by atoms with E-state index in [0.717, 1.165) is 15.6 Å². The van der Waals surface area contributed by atoms with Crippen molar-refractivity contribution in [2.24, 2.45) is 0 Å². The number of methoxy groups -OCH3 is 1. The van der Waals surface area contributed by atoms with E-state index >= 15 is 0 Å². The van der Waals surface area contributed by atoms with Crippen LogP contribution in [0.2, 0.25) is 10.0 Å². The molecular formula is C17H15BrCl2N4O2S. The highest BCUT2D eigenvalue weighted by Gasteiger charge is 2.15. The molecule has 3 aromatic rings. The molecular weight excluding hydrogens is 475 g/mol. The summed E-state index contributed by atoms with van der Waals surface area (Å²) in [6.45, 7) is 0.740. The highest BCUT2D eigenvalue weighted by Crippen LogP contribution is 2.37. The zero-order chi connectivity index (χ0) is 19.4. The number of aromatic nitrogens is 3. The van der Waals surface area contributed by atoms with Crippen molar-refractivity contribution >= 4 is 51.3 Å². The fourth-order valence-electron chi connectivity index (χ4n) is 2.38. The summed E-state index contributed by atoms with van der Waals surface area (Å²) in [6, 6.07) is 9.11. The van der Waals surface area contributed by atoms with Crippen LogP contribution in [0.1, 0.15) is 11.1 Å². The third-order valence-corrected chi connectivity index (χ3v) is 5.50. The minimum Gasteiger partial charge on any atom is -0.493 e. The number of hydrogen-bond donors (Lipinski definition) is 2. The van der Waals surface area contributed by atoms with Gasteiger partial charge in [-0.3, -0.25) is 5.10 Å². The lowest BCUT2D eigenvalue weighted by molar-refractivity contribution is 0.281. The Kier molecular flexibility index (Phi) is 6.64. The molecule has 1 heterocycles. The number of halogens is 3. The number of ether oxygens (including phenoxy) is 2. The van der Waals surface area contributed by atoms with E-state index in [9.17, 15) is 0 Å². The van der Waals surface area contributed by atoms with E-state index in [2.05, 4.69) is 31.6 Å². The van der Waals surface area contributed by atoms with Crippen LogP contribution in [0.5, 0.6) is 11.5 Å². The molecule has 0 spiro atoms. The van der Waals surface area contributed by atoms with Crippen LogP contribution in [0.25, 0.3) is 0 Å². The normalized spacial score (nSPS) is 10.7. The first-order chi connectivity index (χ1) is 13.0. The zero-order valence-corrected chi connectivity index (χ0v) is 18.0. The fraction of sp³-hybridized carbons (Fsp3) is 0.176. The molecule has 0 amide bonds. The lowest BCUT2D eigenvalue weighted by Gasteiger charge is -2.17. The number of hydrogen-bond acceptors (Lipinski definition) is 5. The molecule has 2 aromatic carbocycles. The second-order valence-corrected chi connectivity index (χ2v) is 7.52. The zero-order valence-electron chi connectivity index (χ0n) is 14.1. The summed E-state index contributed by atoms with van der Waals surface area (Å²) in [5, 5.41) is 7.56. The van der Waals surface area contributed by atoms with Gasteiger partial charge in [-0.25, -0.2) is 4.68 Å². The van der Waals surface area contributed by atoms with Gasteiger partial charge in [0, 0.05) is 10.0 Å². The highest BCUT2D eigenvalue weighted by atomic mass is 79.9. The van der Waals surface area contributed by atoms with E-state index in [1.54, 1.807) is 30.2 Å². The van der Waals surface area contributed by atoms with Gasteiger partial charge in [-0.2, -0.15) is 5.10 Å². The molecule has 1 aromatic heterocycles. The third kappa shape index (κ3) is 4.76. The topological polar surface area (TPSA) is 64.1 Å². The smallest absolute Gasteiger partial charge is 0.214 e. The monoisotopic (exact) mass is 488 g/mol. The molecule has 27 heavy (non-hydrogen) atoms. The SMILES string of the molecule is COc1ccc(Br)c(CNn2cn[nH]c2=S)c1OCc1ccc(Cl)c(Cl)c1. The molecule has 0 aliphatic rings. The maximum atomic E-state index is 6.08. The molecule has 0 aliphatic heterocycles. The molecule has 6 nitrogen and oxygen atoms in total. The second-order valence-electron chi connectivity index (χ2n) is 5.46. The standard InChI is InChI=1S/C17H15BrCl2N4O2S/c1-25-15-5-3-12(18)11(7-22-24-9-21-23-17(24)27)16(15)26-8-10-2-4-13(19)14(20)6-10/h2-6,9,22H,7-8H2,1H3,(H,23,27). The Morgan fingerprint density at radius 3 is 2.74 bits per heavy atom. The van der Waals surface area contributed by atoms with E-state index in [1.807, 2.05) is 18.2 Å². The third-order valence-electron chi connectivity index (χ3n) is 3.73. The average Bonchev–Trinajstić information content (AvgIpc) is 3.07. The summed E-state index contributed by atoms with van der Waals surface area (Å²) in [4.78, 5) is 0. The predicted octanol–water partition coefficient (Wildman–Crippen LogP) is 5.34. The second kappa shape index (κ2) is 8.97. The molecule has 0 fully saturated rings. The number of H-pyrrole nitrogens is 1. The van der Waals surface area contributed by atoms with Crippen molar-refractivity contribution < 1.29 is 9.47 Å². The summed E-state index contributed by atoms with van der Waals surface area (Å²) in [6.07, 6.45) is 1.56. The van der Waals surface area contributed by atoms with Crippen molar-refractivity contribution in [3.8, 4) is 11.5 Å². The molecule has 142 valence electrons. The summed E-state index contributed by atoms with van der Waals surface area (Å²) >= 11 is 20.8. The van der Waals surface area contributed by atoms with E-state index in [1.165, 1.54) is 0 Å². The van der Waals surface area contributed by atoms with Gasteiger partial charge < -0.3 is 14.9 Å². The van der Waals surface area contributed by atoms with Gasteiger partial charge in [0.1, 0.15) is 12.9 Å². The van der Waals surface area contributed by atoms with E-state index in [-0.39, 0.29) is 0 Å². The largest absolute Gasteiger partial charge is 0.493 e. The molecule has 0 aliphatic carbocycles. The van der Waals surface area contributed by atoms with Crippen molar-refractivity contribution in [2.75, 3.05) is 12.5 Å². The van der Waals surface area contributed by atoms with Gasteiger partial charge in [0.15, 0.2) is 11.5 Å². The number of benzene rings is 2.